The van der Waals surface area contributed by atoms with Gasteiger partial charge in [-0.25, -0.2) is 4.79 Å². The molecule has 1 saturated heterocycles. The van der Waals surface area contributed by atoms with Gasteiger partial charge in [0.2, 0.25) is 0 Å². The van der Waals surface area contributed by atoms with E-state index in [-0.39, 0.29) is 6.03 Å². The van der Waals surface area contributed by atoms with E-state index in [1.165, 1.54) is 11.1 Å². The minimum atomic E-state index is 0.0462. The zero-order valence-electron chi connectivity index (χ0n) is 18.5. The third-order valence-electron chi connectivity index (χ3n) is 5.99. The molecular weight excluding hydrogens is 372 g/mol. The summed E-state index contributed by atoms with van der Waals surface area (Å²) < 4.78 is 0. The van der Waals surface area contributed by atoms with Crippen LogP contribution in [0.25, 0.3) is 0 Å². The second kappa shape index (κ2) is 11.7. The Labute approximate surface area is 181 Å². The average molecular weight is 409 g/mol. The van der Waals surface area contributed by atoms with E-state index < -0.39 is 0 Å². The summed E-state index contributed by atoms with van der Waals surface area (Å²) in [6, 6.07) is 19.2. The lowest BCUT2D eigenvalue weighted by atomic mass is 10.1. The number of hydrogen-bond acceptors (Lipinski definition) is 3. The van der Waals surface area contributed by atoms with E-state index in [1.807, 2.05) is 4.90 Å². The molecule has 30 heavy (non-hydrogen) atoms. The molecule has 0 atom stereocenters. The lowest BCUT2D eigenvalue weighted by Crippen LogP contribution is -2.51. The number of hydrogen-bond donors (Lipinski definition) is 1. The molecule has 1 N–H and O–H groups in total. The van der Waals surface area contributed by atoms with Gasteiger partial charge >= 0.3 is 6.03 Å². The van der Waals surface area contributed by atoms with E-state index in [9.17, 15) is 4.79 Å². The first kappa shape index (κ1) is 22.3. The number of carbonyl (C=O) groups is 1. The molecule has 162 valence electrons. The lowest BCUT2D eigenvalue weighted by molar-refractivity contribution is 0.140. The predicted molar refractivity (Wildman–Crippen MR) is 123 cm³/mol. The van der Waals surface area contributed by atoms with Crippen LogP contribution in [0.5, 0.6) is 0 Å². The smallest absolute Gasteiger partial charge is 0.317 e. The highest BCUT2D eigenvalue weighted by Crippen LogP contribution is 2.09. The Morgan fingerprint density at radius 2 is 1.50 bits per heavy atom. The molecule has 2 amide bonds. The third kappa shape index (κ3) is 6.85. The van der Waals surface area contributed by atoms with Crippen molar-refractivity contribution in [3.05, 3.63) is 71.3 Å². The molecule has 1 heterocycles. The van der Waals surface area contributed by atoms with Crippen molar-refractivity contribution in [2.24, 2.45) is 0 Å². The van der Waals surface area contributed by atoms with Crippen LogP contribution >= 0.6 is 0 Å². The van der Waals surface area contributed by atoms with Gasteiger partial charge < -0.3 is 10.2 Å². The van der Waals surface area contributed by atoms with E-state index in [2.05, 4.69) is 83.6 Å². The average Bonchev–Trinajstić information content (AvgIpc) is 2.81. The Morgan fingerprint density at radius 1 is 0.867 bits per heavy atom. The topological polar surface area (TPSA) is 38.8 Å². The highest BCUT2D eigenvalue weighted by Gasteiger charge is 2.20. The summed E-state index contributed by atoms with van der Waals surface area (Å²) in [7, 11) is 0. The van der Waals surface area contributed by atoms with Crippen LogP contribution < -0.4 is 5.32 Å². The first-order valence-electron chi connectivity index (χ1n) is 11.3. The summed E-state index contributed by atoms with van der Waals surface area (Å²) in [6.07, 6.45) is 1.07. The third-order valence-corrected chi connectivity index (χ3v) is 5.99. The van der Waals surface area contributed by atoms with E-state index in [0.29, 0.717) is 6.54 Å². The number of rotatable bonds is 9. The van der Waals surface area contributed by atoms with Gasteiger partial charge in [-0.3, -0.25) is 9.80 Å². The number of carbonyl (C=O) groups excluding carboxylic acids is 1. The number of nitrogens with zero attached hydrogens (tertiary/aromatic N) is 3. The molecule has 1 aliphatic rings. The summed E-state index contributed by atoms with van der Waals surface area (Å²) in [5.74, 6) is 0. The number of piperazine rings is 1. The minimum Gasteiger partial charge on any atom is -0.334 e. The van der Waals surface area contributed by atoms with Gasteiger partial charge in [0.25, 0.3) is 0 Å². The van der Waals surface area contributed by atoms with Crippen LogP contribution in [0.3, 0.4) is 0 Å². The molecule has 0 radical (unpaired) electrons. The van der Waals surface area contributed by atoms with Gasteiger partial charge in [-0.05, 0) is 36.2 Å². The van der Waals surface area contributed by atoms with E-state index in [4.69, 9.17) is 0 Å². The van der Waals surface area contributed by atoms with E-state index in [0.717, 1.165) is 64.3 Å². The number of nitrogens with one attached hydrogen (secondary N) is 1. The predicted octanol–water partition coefficient (Wildman–Crippen LogP) is 3.60. The van der Waals surface area contributed by atoms with Gasteiger partial charge in [-0.2, -0.15) is 0 Å². The number of urea groups is 1. The quantitative estimate of drug-likeness (QED) is 0.689. The van der Waals surface area contributed by atoms with Crippen molar-refractivity contribution >= 4 is 6.03 Å². The highest BCUT2D eigenvalue weighted by molar-refractivity contribution is 5.74. The maximum atomic E-state index is 12.5. The van der Waals surface area contributed by atoms with Crippen LogP contribution in [-0.4, -0.2) is 66.5 Å². The largest absolute Gasteiger partial charge is 0.334 e. The standard InChI is InChI=1S/C25H36N4O/c1-3-27(4-2)21-24-12-10-23(11-13-24)20-26-25(30)29-18-16-28(17-19-29)15-14-22-8-6-5-7-9-22/h5-13H,3-4,14-21H2,1-2H3,(H,26,30). The van der Waals surface area contributed by atoms with Gasteiger partial charge in [0.15, 0.2) is 0 Å². The molecular formula is C25H36N4O. The Hall–Kier alpha value is -2.37. The van der Waals surface area contributed by atoms with Crippen LogP contribution in [0.2, 0.25) is 0 Å². The maximum absolute atomic E-state index is 12.5. The molecule has 0 saturated carbocycles. The molecule has 0 aromatic heterocycles. The summed E-state index contributed by atoms with van der Waals surface area (Å²) in [5, 5.41) is 3.08. The molecule has 2 aromatic carbocycles. The molecule has 1 aliphatic heterocycles. The molecule has 0 aliphatic carbocycles. The summed E-state index contributed by atoms with van der Waals surface area (Å²) in [4.78, 5) is 19.3. The summed E-state index contributed by atoms with van der Waals surface area (Å²) >= 11 is 0. The second-order valence-electron chi connectivity index (χ2n) is 8.00. The maximum Gasteiger partial charge on any atom is 0.317 e. The minimum absolute atomic E-state index is 0.0462. The van der Waals surface area contributed by atoms with Gasteiger partial charge in [0.1, 0.15) is 0 Å². The monoisotopic (exact) mass is 408 g/mol. The molecule has 0 unspecified atom stereocenters. The Bertz CT molecular complexity index is 750. The first-order valence-corrected chi connectivity index (χ1v) is 11.3. The molecule has 3 rings (SSSR count). The molecule has 0 spiro atoms. The molecule has 5 heteroatoms. The Balaban J connectivity index is 1.36. The van der Waals surface area contributed by atoms with Crippen molar-refractivity contribution < 1.29 is 4.79 Å². The molecule has 0 bridgehead atoms. The van der Waals surface area contributed by atoms with Crippen LogP contribution in [0.4, 0.5) is 4.79 Å². The van der Waals surface area contributed by atoms with Gasteiger partial charge in [-0.15, -0.1) is 0 Å². The van der Waals surface area contributed by atoms with Crippen LogP contribution in [-0.2, 0) is 19.5 Å². The lowest BCUT2D eigenvalue weighted by Gasteiger charge is -2.34. The first-order chi connectivity index (χ1) is 14.7. The van der Waals surface area contributed by atoms with Gasteiger partial charge in [0, 0.05) is 45.8 Å². The Kier molecular flexibility index (Phi) is 8.72. The Morgan fingerprint density at radius 3 is 2.13 bits per heavy atom. The molecule has 5 nitrogen and oxygen atoms in total. The molecule has 1 fully saturated rings. The summed E-state index contributed by atoms with van der Waals surface area (Å²) in [6.45, 7) is 12.6. The van der Waals surface area contributed by atoms with Crippen molar-refractivity contribution in [1.29, 1.82) is 0 Å². The van der Waals surface area contributed by atoms with Gasteiger partial charge in [0.05, 0.1) is 0 Å². The van der Waals surface area contributed by atoms with E-state index >= 15 is 0 Å². The SMILES string of the molecule is CCN(CC)Cc1ccc(CNC(=O)N2CCN(CCc3ccccc3)CC2)cc1. The van der Waals surface area contributed by atoms with Crippen molar-refractivity contribution in [2.75, 3.05) is 45.8 Å². The fourth-order valence-corrected chi connectivity index (χ4v) is 3.86. The van der Waals surface area contributed by atoms with Crippen LogP contribution in [0.15, 0.2) is 54.6 Å². The number of amides is 2. The summed E-state index contributed by atoms with van der Waals surface area (Å²) in [5.41, 5.74) is 3.84. The van der Waals surface area contributed by atoms with Crippen molar-refractivity contribution in [3.8, 4) is 0 Å². The van der Waals surface area contributed by atoms with Gasteiger partial charge in [-0.1, -0.05) is 68.4 Å². The van der Waals surface area contributed by atoms with E-state index in [1.54, 1.807) is 0 Å². The van der Waals surface area contributed by atoms with Crippen molar-refractivity contribution in [1.82, 2.24) is 20.0 Å². The fraction of sp³-hybridized carbons (Fsp3) is 0.480. The zero-order valence-corrected chi connectivity index (χ0v) is 18.5. The van der Waals surface area contributed by atoms with Crippen LogP contribution in [0, 0.1) is 0 Å². The zero-order chi connectivity index (χ0) is 21.2. The number of benzene rings is 2. The van der Waals surface area contributed by atoms with Crippen molar-refractivity contribution in [3.63, 3.8) is 0 Å². The highest BCUT2D eigenvalue weighted by atomic mass is 16.2. The normalized spacial score (nSPS) is 14.8. The van der Waals surface area contributed by atoms with Crippen molar-refractivity contribution in [2.45, 2.75) is 33.4 Å². The molecule has 2 aromatic rings. The van der Waals surface area contributed by atoms with Crippen LogP contribution in [0.1, 0.15) is 30.5 Å². The fourth-order valence-electron chi connectivity index (χ4n) is 3.86. The second-order valence-corrected chi connectivity index (χ2v) is 8.00.